The summed E-state index contributed by atoms with van der Waals surface area (Å²) in [5, 5.41) is 11.5. The average molecular weight is 381 g/mol. The highest BCUT2D eigenvalue weighted by atomic mass is 35.5. The van der Waals surface area contributed by atoms with Gasteiger partial charge in [0.15, 0.2) is 0 Å². The second kappa shape index (κ2) is 9.74. The minimum atomic E-state index is -0.855. The van der Waals surface area contributed by atoms with Gasteiger partial charge in [0, 0.05) is 6.07 Å². The highest BCUT2D eigenvalue weighted by Crippen LogP contribution is 2.32. The Morgan fingerprint density at radius 2 is 1.88 bits per heavy atom. The first kappa shape index (κ1) is 21.4. The predicted molar refractivity (Wildman–Crippen MR) is 101 cm³/mol. The molecule has 0 unspecified atom stereocenters. The van der Waals surface area contributed by atoms with Crippen LogP contribution in [-0.2, 0) is 16.0 Å². The van der Waals surface area contributed by atoms with Gasteiger partial charge in [-0.1, -0.05) is 18.2 Å². The first-order chi connectivity index (χ1) is 12.0. The van der Waals surface area contributed by atoms with Gasteiger partial charge in [-0.25, -0.2) is 0 Å². The summed E-state index contributed by atoms with van der Waals surface area (Å²) in [5.41, 5.74) is 7.53. The van der Waals surface area contributed by atoms with Gasteiger partial charge in [0.2, 0.25) is 0 Å². The minimum Gasteiger partial charge on any atom is -0.497 e. The molecular formula is C18H21ClN2O5. The summed E-state index contributed by atoms with van der Waals surface area (Å²) >= 11 is 0. The molecular weight excluding hydrogens is 360 g/mol. The first-order valence-electron chi connectivity index (χ1n) is 7.80. The molecule has 140 valence electrons. The fourth-order valence-corrected chi connectivity index (χ4v) is 2.46. The average Bonchev–Trinajstić information content (AvgIpc) is 2.62. The van der Waals surface area contributed by atoms with Crippen LogP contribution < -0.4 is 10.5 Å². The van der Waals surface area contributed by atoms with Crippen molar-refractivity contribution in [2.75, 3.05) is 13.7 Å². The summed E-state index contributed by atoms with van der Waals surface area (Å²) in [6, 6.07) is 11.0. The molecule has 0 fully saturated rings. The van der Waals surface area contributed by atoms with E-state index in [4.69, 9.17) is 15.2 Å². The van der Waals surface area contributed by atoms with Crippen LogP contribution in [0.3, 0.4) is 0 Å². The summed E-state index contributed by atoms with van der Waals surface area (Å²) < 4.78 is 9.96. The summed E-state index contributed by atoms with van der Waals surface area (Å²) in [6.45, 7) is 1.93. The Balaban J connectivity index is 0.00000338. The first-order valence-corrected chi connectivity index (χ1v) is 7.80. The van der Waals surface area contributed by atoms with Crippen LogP contribution in [0.2, 0.25) is 0 Å². The van der Waals surface area contributed by atoms with E-state index in [2.05, 4.69) is 0 Å². The Bertz CT molecular complexity index is 765. The van der Waals surface area contributed by atoms with Crippen molar-refractivity contribution in [1.29, 1.82) is 0 Å². The monoisotopic (exact) mass is 380 g/mol. The number of esters is 1. The SMILES string of the molecule is CCOC(=O)[C@@H](N)Cc1ccc(-c2ccc(OC)cc2)c([N+](=O)[O-])c1.Cl. The van der Waals surface area contributed by atoms with Crippen LogP contribution in [0.25, 0.3) is 11.1 Å². The van der Waals surface area contributed by atoms with Gasteiger partial charge < -0.3 is 15.2 Å². The number of nitrogens with two attached hydrogens (primary N) is 1. The fraction of sp³-hybridized carbons (Fsp3) is 0.278. The van der Waals surface area contributed by atoms with Crippen molar-refractivity contribution in [3.8, 4) is 16.9 Å². The van der Waals surface area contributed by atoms with Crippen molar-refractivity contribution in [1.82, 2.24) is 0 Å². The molecule has 0 aliphatic heterocycles. The molecule has 1 atom stereocenters. The number of hydrogen-bond donors (Lipinski definition) is 1. The summed E-state index contributed by atoms with van der Waals surface area (Å²) in [7, 11) is 1.55. The van der Waals surface area contributed by atoms with Crippen molar-refractivity contribution in [2.24, 2.45) is 5.73 Å². The lowest BCUT2D eigenvalue weighted by Crippen LogP contribution is -2.34. The van der Waals surface area contributed by atoms with Gasteiger partial charge in [-0.05, 0) is 42.7 Å². The third-order valence-corrected chi connectivity index (χ3v) is 3.70. The Labute approximate surface area is 157 Å². The molecule has 2 rings (SSSR count). The number of benzene rings is 2. The highest BCUT2D eigenvalue weighted by molar-refractivity contribution is 5.85. The number of rotatable bonds is 7. The molecule has 2 N–H and O–H groups in total. The quantitative estimate of drug-likeness (QED) is 0.449. The zero-order chi connectivity index (χ0) is 18.4. The standard InChI is InChI=1S/C18H20N2O5.ClH/c1-3-25-18(21)16(19)10-12-4-9-15(17(11-12)20(22)23)13-5-7-14(24-2)8-6-13;/h4-9,11,16H,3,10,19H2,1-2H3;1H/t16-;/m0./s1. The largest absolute Gasteiger partial charge is 0.497 e. The lowest BCUT2D eigenvalue weighted by Gasteiger charge is -2.11. The van der Waals surface area contributed by atoms with Crippen LogP contribution in [0.4, 0.5) is 5.69 Å². The lowest BCUT2D eigenvalue weighted by molar-refractivity contribution is -0.384. The van der Waals surface area contributed by atoms with E-state index in [1.807, 2.05) is 0 Å². The van der Waals surface area contributed by atoms with E-state index in [0.29, 0.717) is 22.4 Å². The maximum atomic E-state index is 11.6. The van der Waals surface area contributed by atoms with Crippen LogP contribution in [-0.4, -0.2) is 30.7 Å². The fourth-order valence-electron chi connectivity index (χ4n) is 2.46. The van der Waals surface area contributed by atoms with Gasteiger partial charge in [0.05, 0.1) is 24.2 Å². The Morgan fingerprint density at radius 3 is 2.42 bits per heavy atom. The Kier molecular flexibility index (Phi) is 8.02. The molecule has 0 saturated heterocycles. The molecule has 0 aromatic heterocycles. The molecule has 0 radical (unpaired) electrons. The predicted octanol–water partition coefficient (Wildman–Crippen LogP) is 3.13. The summed E-state index contributed by atoms with van der Waals surface area (Å²) in [4.78, 5) is 22.6. The number of nitro benzene ring substituents is 1. The van der Waals surface area contributed by atoms with Crippen LogP contribution in [0.15, 0.2) is 42.5 Å². The van der Waals surface area contributed by atoms with Gasteiger partial charge in [0.1, 0.15) is 11.8 Å². The summed E-state index contributed by atoms with van der Waals surface area (Å²) in [5.74, 6) is 0.146. The van der Waals surface area contributed by atoms with Crippen molar-refractivity contribution < 1.29 is 19.2 Å². The van der Waals surface area contributed by atoms with Gasteiger partial charge in [0.25, 0.3) is 5.69 Å². The second-order valence-electron chi connectivity index (χ2n) is 5.40. The Morgan fingerprint density at radius 1 is 1.23 bits per heavy atom. The summed E-state index contributed by atoms with van der Waals surface area (Å²) in [6.07, 6.45) is 0.169. The van der Waals surface area contributed by atoms with Crippen molar-refractivity contribution >= 4 is 24.1 Å². The number of halogens is 1. The zero-order valence-corrected chi connectivity index (χ0v) is 15.3. The number of ether oxygens (including phenoxy) is 2. The molecule has 0 bridgehead atoms. The van der Waals surface area contributed by atoms with E-state index in [1.165, 1.54) is 6.07 Å². The molecule has 0 aliphatic carbocycles. The number of hydrogen-bond acceptors (Lipinski definition) is 6. The van der Waals surface area contributed by atoms with E-state index >= 15 is 0 Å². The topological polar surface area (TPSA) is 105 Å². The van der Waals surface area contributed by atoms with Gasteiger partial charge in [-0.15, -0.1) is 12.4 Å². The third-order valence-electron chi connectivity index (χ3n) is 3.70. The van der Waals surface area contributed by atoms with E-state index in [0.717, 1.165) is 0 Å². The number of nitrogens with zero attached hydrogens (tertiary/aromatic N) is 1. The van der Waals surface area contributed by atoms with Gasteiger partial charge in [-0.2, -0.15) is 0 Å². The molecule has 2 aromatic rings. The van der Waals surface area contributed by atoms with Crippen LogP contribution >= 0.6 is 12.4 Å². The van der Waals surface area contributed by atoms with Gasteiger partial charge in [-0.3, -0.25) is 14.9 Å². The molecule has 0 spiro atoms. The number of carbonyl (C=O) groups excluding carboxylic acids is 1. The van der Waals surface area contributed by atoms with E-state index in [-0.39, 0.29) is 31.1 Å². The molecule has 0 heterocycles. The number of carbonyl (C=O) groups is 1. The zero-order valence-electron chi connectivity index (χ0n) is 14.5. The van der Waals surface area contributed by atoms with Crippen molar-refractivity contribution in [2.45, 2.75) is 19.4 Å². The molecule has 0 amide bonds. The molecule has 0 saturated carbocycles. The number of nitro groups is 1. The lowest BCUT2D eigenvalue weighted by atomic mass is 9.98. The van der Waals surface area contributed by atoms with Crippen molar-refractivity contribution in [3.63, 3.8) is 0 Å². The molecule has 7 nitrogen and oxygen atoms in total. The second-order valence-corrected chi connectivity index (χ2v) is 5.40. The Hall–Kier alpha value is -2.64. The third kappa shape index (κ3) is 5.18. The van der Waals surface area contributed by atoms with Crippen LogP contribution in [0, 0.1) is 10.1 Å². The van der Waals surface area contributed by atoms with E-state index in [9.17, 15) is 14.9 Å². The maximum Gasteiger partial charge on any atom is 0.323 e. The van der Waals surface area contributed by atoms with Crippen LogP contribution in [0.1, 0.15) is 12.5 Å². The molecule has 0 aliphatic rings. The highest BCUT2D eigenvalue weighted by Gasteiger charge is 2.20. The van der Waals surface area contributed by atoms with Gasteiger partial charge >= 0.3 is 5.97 Å². The van der Waals surface area contributed by atoms with Crippen LogP contribution in [0.5, 0.6) is 5.75 Å². The number of methoxy groups -OCH3 is 1. The molecule has 26 heavy (non-hydrogen) atoms. The normalized spacial score (nSPS) is 11.2. The molecule has 8 heteroatoms. The minimum absolute atomic E-state index is 0. The molecule has 2 aromatic carbocycles. The smallest absolute Gasteiger partial charge is 0.323 e. The maximum absolute atomic E-state index is 11.6. The van der Waals surface area contributed by atoms with Crippen molar-refractivity contribution in [3.05, 3.63) is 58.1 Å². The van der Waals surface area contributed by atoms with E-state index < -0.39 is 16.9 Å². The van der Waals surface area contributed by atoms with E-state index in [1.54, 1.807) is 50.4 Å².